The average molecular weight is 192 g/mol. The quantitative estimate of drug-likeness (QED) is 0.585. The van der Waals surface area contributed by atoms with Gasteiger partial charge in [-0.25, -0.2) is 0 Å². The Morgan fingerprint density at radius 2 is 2.29 bits per heavy atom. The Balaban J connectivity index is 2.73. The maximum Gasteiger partial charge on any atom is 0.275 e. The Labute approximate surface area is 79.5 Å². The number of methoxy groups -OCH3 is 1. The van der Waals surface area contributed by atoms with E-state index in [-0.39, 0.29) is 5.69 Å². The van der Waals surface area contributed by atoms with Crippen molar-refractivity contribution in [1.29, 1.82) is 0 Å². The molecular formula is C9H8N2O3. The van der Waals surface area contributed by atoms with Crippen LogP contribution < -0.4 is 4.74 Å². The first kappa shape index (κ1) is 8.55. The van der Waals surface area contributed by atoms with E-state index in [9.17, 15) is 10.1 Å². The number of hydrogen-bond acceptors (Lipinski definition) is 3. The smallest absolute Gasteiger partial charge is 0.275 e. The van der Waals surface area contributed by atoms with E-state index in [1.54, 1.807) is 6.20 Å². The van der Waals surface area contributed by atoms with Crippen LogP contribution in [0.1, 0.15) is 0 Å². The highest BCUT2D eigenvalue weighted by atomic mass is 16.6. The van der Waals surface area contributed by atoms with Crippen LogP contribution in [0, 0.1) is 10.1 Å². The van der Waals surface area contributed by atoms with Crippen molar-refractivity contribution in [2.45, 2.75) is 0 Å². The second kappa shape index (κ2) is 3.02. The molecule has 0 saturated carbocycles. The fourth-order valence-electron chi connectivity index (χ4n) is 1.39. The molecule has 0 aliphatic heterocycles. The molecule has 1 aromatic heterocycles. The molecule has 5 heteroatoms. The molecule has 0 aliphatic rings. The number of nitro groups is 1. The fourth-order valence-corrected chi connectivity index (χ4v) is 1.39. The molecule has 1 N–H and O–H groups in total. The second-order valence-corrected chi connectivity index (χ2v) is 2.84. The number of hydrogen-bond donors (Lipinski definition) is 1. The van der Waals surface area contributed by atoms with Crippen molar-refractivity contribution in [2.75, 3.05) is 7.11 Å². The Hall–Kier alpha value is -2.04. The van der Waals surface area contributed by atoms with Crippen LogP contribution >= 0.6 is 0 Å². The van der Waals surface area contributed by atoms with Crippen molar-refractivity contribution < 1.29 is 9.66 Å². The van der Waals surface area contributed by atoms with E-state index < -0.39 is 4.92 Å². The van der Waals surface area contributed by atoms with E-state index in [1.807, 2.05) is 6.07 Å². The van der Waals surface area contributed by atoms with E-state index in [4.69, 9.17) is 4.74 Å². The van der Waals surface area contributed by atoms with E-state index in [1.165, 1.54) is 19.2 Å². The lowest BCUT2D eigenvalue weighted by atomic mass is 10.2. The molecule has 14 heavy (non-hydrogen) atoms. The van der Waals surface area contributed by atoms with Crippen LogP contribution in [-0.4, -0.2) is 17.0 Å². The van der Waals surface area contributed by atoms with E-state index in [0.717, 1.165) is 5.39 Å². The molecule has 0 unspecified atom stereocenters. The molecule has 1 heterocycles. The Morgan fingerprint density at radius 3 is 2.93 bits per heavy atom. The molecule has 0 amide bonds. The van der Waals surface area contributed by atoms with Gasteiger partial charge < -0.3 is 9.72 Å². The van der Waals surface area contributed by atoms with Crippen molar-refractivity contribution in [2.24, 2.45) is 0 Å². The third-order valence-electron chi connectivity index (χ3n) is 2.05. The zero-order valence-electron chi connectivity index (χ0n) is 7.48. The third-order valence-corrected chi connectivity index (χ3v) is 2.05. The van der Waals surface area contributed by atoms with Gasteiger partial charge >= 0.3 is 0 Å². The summed E-state index contributed by atoms with van der Waals surface area (Å²) in [7, 11) is 1.49. The number of non-ortho nitro benzene ring substituents is 1. The normalized spacial score (nSPS) is 10.4. The van der Waals surface area contributed by atoms with Gasteiger partial charge in [-0.3, -0.25) is 10.1 Å². The van der Waals surface area contributed by atoms with E-state index in [0.29, 0.717) is 11.3 Å². The number of aromatic nitrogens is 1. The van der Waals surface area contributed by atoms with Gasteiger partial charge in [0.15, 0.2) is 0 Å². The predicted molar refractivity (Wildman–Crippen MR) is 51.5 cm³/mol. The molecule has 0 atom stereocenters. The molecule has 0 fully saturated rings. The van der Waals surface area contributed by atoms with Crippen LogP contribution in [0.3, 0.4) is 0 Å². The van der Waals surface area contributed by atoms with Gasteiger partial charge in [0.25, 0.3) is 5.69 Å². The topological polar surface area (TPSA) is 68.2 Å². The summed E-state index contributed by atoms with van der Waals surface area (Å²) in [5.41, 5.74) is 0.729. The van der Waals surface area contributed by atoms with Crippen LogP contribution in [0.25, 0.3) is 10.9 Å². The van der Waals surface area contributed by atoms with Crippen LogP contribution in [0.4, 0.5) is 5.69 Å². The molecule has 0 bridgehead atoms. The highest BCUT2D eigenvalue weighted by molar-refractivity contribution is 5.88. The standard InChI is InChI=1S/C9H8N2O3/c1-14-9-5-6(11(12)13)4-8-7(9)2-3-10-8/h2-5,10H,1H3. The predicted octanol–water partition coefficient (Wildman–Crippen LogP) is 2.08. The van der Waals surface area contributed by atoms with Crippen molar-refractivity contribution in [3.8, 4) is 5.75 Å². The number of aromatic amines is 1. The fraction of sp³-hybridized carbons (Fsp3) is 0.111. The lowest BCUT2D eigenvalue weighted by Gasteiger charge is -2.01. The molecule has 1 aromatic carbocycles. The summed E-state index contributed by atoms with van der Waals surface area (Å²) in [5.74, 6) is 0.510. The number of nitro benzene ring substituents is 1. The lowest BCUT2D eigenvalue weighted by Crippen LogP contribution is -1.90. The minimum Gasteiger partial charge on any atom is -0.496 e. The number of H-pyrrole nitrogens is 1. The first-order valence-electron chi connectivity index (χ1n) is 4.02. The maximum absolute atomic E-state index is 10.6. The van der Waals surface area contributed by atoms with Crippen LogP contribution in [0.2, 0.25) is 0 Å². The largest absolute Gasteiger partial charge is 0.496 e. The van der Waals surface area contributed by atoms with Crippen molar-refractivity contribution in [3.63, 3.8) is 0 Å². The molecular weight excluding hydrogens is 184 g/mol. The molecule has 0 saturated heterocycles. The molecule has 5 nitrogen and oxygen atoms in total. The summed E-state index contributed by atoms with van der Waals surface area (Å²) in [4.78, 5) is 13.0. The van der Waals surface area contributed by atoms with Gasteiger partial charge in [0.05, 0.1) is 23.6 Å². The number of benzene rings is 1. The molecule has 72 valence electrons. The summed E-state index contributed by atoms with van der Waals surface area (Å²) in [6.07, 6.45) is 1.72. The monoisotopic (exact) mass is 192 g/mol. The average Bonchev–Trinajstić information content (AvgIpc) is 2.63. The Morgan fingerprint density at radius 1 is 1.50 bits per heavy atom. The van der Waals surface area contributed by atoms with Crippen molar-refractivity contribution in [1.82, 2.24) is 4.98 Å². The molecule has 0 aliphatic carbocycles. The lowest BCUT2D eigenvalue weighted by molar-refractivity contribution is -0.384. The van der Waals surface area contributed by atoms with Crippen molar-refractivity contribution in [3.05, 3.63) is 34.5 Å². The minimum atomic E-state index is -0.442. The molecule has 0 spiro atoms. The minimum absolute atomic E-state index is 0.0248. The van der Waals surface area contributed by atoms with Gasteiger partial charge in [-0.2, -0.15) is 0 Å². The summed E-state index contributed by atoms with van der Waals surface area (Å²) >= 11 is 0. The summed E-state index contributed by atoms with van der Waals surface area (Å²) in [6.45, 7) is 0. The van der Waals surface area contributed by atoms with Gasteiger partial charge in [0.1, 0.15) is 5.75 Å². The molecule has 2 aromatic rings. The highest BCUT2D eigenvalue weighted by Crippen LogP contribution is 2.29. The van der Waals surface area contributed by atoms with Crippen molar-refractivity contribution >= 4 is 16.6 Å². The van der Waals surface area contributed by atoms with Crippen LogP contribution in [-0.2, 0) is 0 Å². The number of rotatable bonds is 2. The zero-order valence-corrected chi connectivity index (χ0v) is 7.48. The van der Waals surface area contributed by atoms with E-state index in [2.05, 4.69) is 4.98 Å². The van der Waals surface area contributed by atoms with Gasteiger partial charge in [-0.05, 0) is 6.07 Å². The summed E-state index contributed by atoms with van der Waals surface area (Å²) < 4.78 is 5.05. The zero-order chi connectivity index (χ0) is 10.1. The second-order valence-electron chi connectivity index (χ2n) is 2.84. The van der Waals surface area contributed by atoms with E-state index >= 15 is 0 Å². The first-order valence-corrected chi connectivity index (χ1v) is 4.02. The van der Waals surface area contributed by atoms with Crippen LogP contribution in [0.5, 0.6) is 5.75 Å². The van der Waals surface area contributed by atoms with Gasteiger partial charge in [-0.1, -0.05) is 0 Å². The van der Waals surface area contributed by atoms with Gasteiger partial charge in [-0.15, -0.1) is 0 Å². The SMILES string of the molecule is COc1cc([N+](=O)[O-])cc2[nH]ccc12. The Bertz CT molecular complexity index is 490. The summed E-state index contributed by atoms with van der Waals surface area (Å²) in [6, 6.07) is 4.71. The third kappa shape index (κ3) is 1.19. The number of ether oxygens (including phenoxy) is 1. The van der Waals surface area contributed by atoms with Gasteiger partial charge in [0, 0.05) is 17.6 Å². The maximum atomic E-state index is 10.6. The summed E-state index contributed by atoms with van der Waals surface area (Å²) in [5, 5.41) is 11.4. The first-order chi connectivity index (χ1) is 6.72. The number of nitrogens with zero attached hydrogens (tertiary/aromatic N) is 1. The van der Waals surface area contributed by atoms with Gasteiger partial charge in [0.2, 0.25) is 0 Å². The van der Waals surface area contributed by atoms with Crippen LogP contribution in [0.15, 0.2) is 24.4 Å². The Kier molecular flexibility index (Phi) is 1.85. The molecule has 2 rings (SSSR count). The number of nitrogens with one attached hydrogen (secondary N) is 1. The number of fused-ring (bicyclic) bond motifs is 1. The molecule has 0 radical (unpaired) electrons. The highest BCUT2D eigenvalue weighted by Gasteiger charge is 2.12.